The minimum atomic E-state index is -4.97. The van der Waals surface area contributed by atoms with Crippen molar-refractivity contribution < 1.29 is 80.2 Å². The Hall–Kier alpha value is -1.94. The Bertz CT molecular complexity index is 2150. The highest BCUT2D eigenvalue weighted by atomic mass is 31.2. The highest BCUT2D eigenvalue weighted by Gasteiger charge is 2.31. The van der Waals surface area contributed by atoms with E-state index < -0.39 is 97.5 Å². The summed E-state index contributed by atoms with van der Waals surface area (Å²) in [7, 11) is -9.94. The number of aliphatic hydroxyl groups is 1. The van der Waals surface area contributed by atoms with Gasteiger partial charge in [0.2, 0.25) is 0 Å². The molecule has 0 aromatic rings. The van der Waals surface area contributed by atoms with Crippen LogP contribution in [0.3, 0.4) is 0 Å². The fourth-order valence-corrected chi connectivity index (χ4v) is 16.3. The molecule has 0 saturated heterocycles. The molecule has 0 aliphatic heterocycles. The standard InChI is InChI=1S/C94H184O17P2/c1-7-11-13-15-17-19-21-22-23-24-25-33-38-43-48-54-60-66-72-78-93(98)110-89(82-104-91(96)76-70-64-58-52-20-18-16-14-12-8-2)84-108-112(100,101)106-80-88(95)81-107-113(102,103)109-85-90(111-94(99)79-73-67-61-55-49-44-39-34-29-27-31-36-41-46-51-57-63-69-75-87(6)10-4)83-105-92(97)77-71-65-59-53-47-42-37-32-28-26-30-35-40-45-50-56-62-68-74-86(5)9-3/h86-90,95H,7-85H2,1-6H3,(H,100,101)(H,102,103)/t86?,87?,88-,89+,90+/m0/s1. The van der Waals surface area contributed by atoms with E-state index >= 15 is 0 Å². The Balaban J connectivity index is 5.21. The number of unbranched alkanes of at least 4 members (excludes halogenated alkanes) is 61. The maximum absolute atomic E-state index is 13.2. The zero-order valence-electron chi connectivity index (χ0n) is 74.7. The largest absolute Gasteiger partial charge is 0.472 e. The Morgan fingerprint density at radius 1 is 0.248 bits per heavy atom. The number of phosphoric ester groups is 2. The van der Waals surface area contributed by atoms with Crippen LogP contribution in [0.25, 0.3) is 0 Å². The van der Waals surface area contributed by atoms with Gasteiger partial charge in [0, 0.05) is 25.7 Å². The number of ether oxygens (including phenoxy) is 4. The number of esters is 4. The predicted octanol–water partition coefficient (Wildman–Crippen LogP) is 29.4. The Morgan fingerprint density at radius 3 is 0.628 bits per heavy atom. The molecule has 0 bridgehead atoms. The molecule has 0 heterocycles. The van der Waals surface area contributed by atoms with Crippen LogP contribution < -0.4 is 0 Å². The third kappa shape index (κ3) is 84.9. The minimum absolute atomic E-state index is 0.109. The fraction of sp³-hybridized carbons (Fsp3) is 0.957. The number of aliphatic hydroxyl groups excluding tert-OH is 1. The molecule has 0 amide bonds. The molecular formula is C94H184O17P2. The van der Waals surface area contributed by atoms with Crippen LogP contribution in [0.15, 0.2) is 0 Å². The summed E-state index contributed by atoms with van der Waals surface area (Å²) in [4.78, 5) is 73.5. The number of hydrogen-bond acceptors (Lipinski definition) is 15. The van der Waals surface area contributed by atoms with Crippen molar-refractivity contribution in [3.05, 3.63) is 0 Å². The lowest BCUT2D eigenvalue weighted by Crippen LogP contribution is -2.30. The van der Waals surface area contributed by atoms with Gasteiger partial charge in [-0.25, -0.2) is 9.13 Å². The molecule has 0 aliphatic rings. The van der Waals surface area contributed by atoms with Crippen LogP contribution in [-0.4, -0.2) is 96.7 Å². The molecule has 0 radical (unpaired) electrons. The van der Waals surface area contributed by atoms with Crippen molar-refractivity contribution >= 4 is 39.5 Å². The number of rotatable bonds is 93. The molecule has 4 unspecified atom stereocenters. The first-order valence-electron chi connectivity index (χ1n) is 48.6. The molecule has 3 N–H and O–H groups in total. The van der Waals surface area contributed by atoms with Gasteiger partial charge in [0.25, 0.3) is 0 Å². The molecule has 19 heteroatoms. The first-order valence-corrected chi connectivity index (χ1v) is 51.6. The van der Waals surface area contributed by atoms with E-state index in [1.54, 1.807) is 0 Å². The average Bonchev–Trinajstić information content (AvgIpc) is 0.898. The fourth-order valence-electron chi connectivity index (χ4n) is 14.8. The van der Waals surface area contributed by atoms with Crippen LogP contribution >= 0.6 is 15.6 Å². The predicted molar refractivity (Wildman–Crippen MR) is 469 cm³/mol. The van der Waals surface area contributed by atoms with E-state index in [1.165, 1.54) is 327 Å². The van der Waals surface area contributed by atoms with Gasteiger partial charge in [-0.15, -0.1) is 0 Å². The van der Waals surface area contributed by atoms with Gasteiger partial charge in [-0.2, -0.15) is 0 Å². The second-order valence-electron chi connectivity index (χ2n) is 34.2. The summed E-state index contributed by atoms with van der Waals surface area (Å²) in [5.41, 5.74) is 0. The first-order chi connectivity index (χ1) is 54.9. The molecule has 0 fully saturated rings. The monoisotopic (exact) mass is 1650 g/mol. The maximum Gasteiger partial charge on any atom is 0.472 e. The zero-order valence-corrected chi connectivity index (χ0v) is 76.5. The second-order valence-corrected chi connectivity index (χ2v) is 37.1. The molecule has 0 rings (SSSR count). The molecule has 113 heavy (non-hydrogen) atoms. The third-order valence-electron chi connectivity index (χ3n) is 22.9. The highest BCUT2D eigenvalue weighted by Crippen LogP contribution is 2.45. The van der Waals surface area contributed by atoms with E-state index in [4.69, 9.17) is 37.0 Å². The van der Waals surface area contributed by atoms with Gasteiger partial charge in [0.1, 0.15) is 19.3 Å². The van der Waals surface area contributed by atoms with Crippen LogP contribution in [0, 0.1) is 11.8 Å². The van der Waals surface area contributed by atoms with Gasteiger partial charge in [-0.3, -0.25) is 37.3 Å². The van der Waals surface area contributed by atoms with Crippen molar-refractivity contribution in [3.63, 3.8) is 0 Å². The molecule has 0 aromatic carbocycles. The molecular weight excluding hydrogens is 1460 g/mol. The second kappa shape index (κ2) is 85.1. The van der Waals surface area contributed by atoms with Gasteiger partial charge in [-0.1, -0.05) is 459 Å². The molecule has 0 aliphatic carbocycles. The Labute approximate surface area is 696 Å². The van der Waals surface area contributed by atoms with Gasteiger partial charge in [0.15, 0.2) is 12.2 Å². The highest BCUT2D eigenvalue weighted by molar-refractivity contribution is 7.47. The van der Waals surface area contributed by atoms with E-state index in [1.807, 2.05) is 0 Å². The minimum Gasteiger partial charge on any atom is -0.462 e. The smallest absolute Gasteiger partial charge is 0.462 e. The average molecular weight is 1650 g/mol. The van der Waals surface area contributed by atoms with Gasteiger partial charge in [-0.05, 0) is 37.5 Å². The van der Waals surface area contributed by atoms with Crippen molar-refractivity contribution in [2.24, 2.45) is 11.8 Å². The van der Waals surface area contributed by atoms with Crippen molar-refractivity contribution in [2.75, 3.05) is 39.6 Å². The molecule has 672 valence electrons. The summed E-state index contributed by atoms with van der Waals surface area (Å²) in [6.45, 7) is 9.85. The maximum atomic E-state index is 13.2. The first kappa shape index (κ1) is 111. The lowest BCUT2D eigenvalue weighted by atomic mass is 9.99. The van der Waals surface area contributed by atoms with Gasteiger partial charge in [0.05, 0.1) is 26.4 Å². The van der Waals surface area contributed by atoms with Crippen LogP contribution in [0.1, 0.15) is 510 Å². The van der Waals surface area contributed by atoms with Crippen molar-refractivity contribution in [1.82, 2.24) is 0 Å². The van der Waals surface area contributed by atoms with E-state index in [9.17, 15) is 43.2 Å². The summed E-state index contributed by atoms with van der Waals surface area (Å²) in [5, 5.41) is 10.7. The zero-order chi connectivity index (χ0) is 82.7. The Kier molecular flexibility index (Phi) is 83.6. The van der Waals surface area contributed by atoms with Crippen LogP contribution in [-0.2, 0) is 65.4 Å². The van der Waals surface area contributed by atoms with Crippen molar-refractivity contribution in [2.45, 2.75) is 529 Å². The normalized spacial score (nSPS) is 14.2. The molecule has 0 aromatic heterocycles. The van der Waals surface area contributed by atoms with Crippen LogP contribution in [0.5, 0.6) is 0 Å². The van der Waals surface area contributed by atoms with Gasteiger partial charge < -0.3 is 33.8 Å². The summed E-state index contributed by atoms with van der Waals surface area (Å²) < 4.78 is 69.1. The number of hydrogen-bond donors (Lipinski definition) is 3. The summed E-state index contributed by atoms with van der Waals surface area (Å²) in [5.74, 6) is -0.348. The number of carbonyl (C=O) groups excluding carboxylic acids is 4. The summed E-state index contributed by atoms with van der Waals surface area (Å²) in [6, 6.07) is 0. The van der Waals surface area contributed by atoms with E-state index in [0.29, 0.717) is 25.7 Å². The lowest BCUT2D eigenvalue weighted by molar-refractivity contribution is -0.161. The summed E-state index contributed by atoms with van der Waals surface area (Å²) in [6.07, 6.45) is 80.6. The van der Waals surface area contributed by atoms with Crippen LogP contribution in [0.2, 0.25) is 0 Å². The van der Waals surface area contributed by atoms with Crippen molar-refractivity contribution in [3.8, 4) is 0 Å². The van der Waals surface area contributed by atoms with E-state index in [2.05, 4.69) is 41.5 Å². The molecule has 7 atom stereocenters. The van der Waals surface area contributed by atoms with Gasteiger partial charge >= 0.3 is 39.5 Å². The topological polar surface area (TPSA) is 237 Å². The van der Waals surface area contributed by atoms with Crippen LogP contribution in [0.4, 0.5) is 0 Å². The molecule has 17 nitrogen and oxygen atoms in total. The molecule has 0 saturated carbocycles. The lowest BCUT2D eigenvalue weighted by Gasteiger charge is -2.21. The quantitative estimate of drug-likeness (QED) is 0.0222. The Morgan fingerprint density at radius 2 is 0.425 bits per heavy atom. The van der Waals surface area contributed by atoms with E-state index in [0.717, 1.165) is 102 Å². The third-order valence-corrected chi connectivity index (χ3v) is 24.8. The van der Waals surface area contributed by atoms with E-state index in [-0.39, 0.29) is 25.7 Å². The summed E-state index contributed by atoms with van der Waals surface area (Å²) >= 11 is 0. The molecule has 0 spiro atoms. The number of phosphoric acid groups is 2. The SMILES string of the molecule is CCCCCCCCCCCCCCCCCCCCCC(=O)O[C@H](COC(=O)CCCCCCCCCCCC)COP(=O)(O)OC[C@H](O)COP(=O)(O)OC[C@@H](COC(=O)CCCCCCCCCCCCCCCCCCCCC(C)CC)OC(=O)CCCCCCCCCCCCCCCCCCCCC(C)CC. The van der Waals surface area contributed by atoms with Crippen molar-refractivity contribution in [1.29, 1.82) is 0 Å². The number of carbonyl (C=O) groups is 4.